The molecule has 5 nitrogen and oxygen atoms in total. The summed E-state index contributed by atoms with van der Waals surface area (Å²) >= 11 is 3.42. The molecule has 2 heterocycles. The summed E-state index contributed by atoms with van der Waals surface area (Å²) in [5, 5.41) is 8.52. The summed E-state index contributed by atoms with van der Waals surface area (Å²) in [6, 6.07) is 1.97. The smallest absolute Gasteiger partial charge is 0.264 e. The summed E-state index contributed by atoms with van der Waals surface area (Å²) in [5.74, 6) is 1.67. The van der Waals surface area contributed by atoms with Crippen LogP contribution in [0.1, 0.15) is 45.0 Å². The van der Waals surface area contributed by atoms with Crippen LogP contribution in [0, 0.1) is 5.92 Å². The zero-order chi connectivity index (χ0) is 15.9. The number of rotatable bonds is 4. The Hall–Kier alpha value is -1.43. The standard InChI is InChI=1S/C16H21BrN4O/c1-4-20-9-12(6-13(17)14(20)22)16(7-11(3)8-16)15-19-18-10-21(15)5-2/h6,9-11H,4-5,7-8H2,1-3H3. The highest BCUT2D eigenvalue weighted by Gasteiger charge is 2.48. The lowest BCUT2D eigenvalue weighted by Crippen LogP contribution is -2.44. The van der Waals surface area contributed by atoms with Gasteiger partial charge in [-0.05, 0) is 60.2 Å². The van der Waals surface area contributed by atoms with Gasteiger partial charge in [-0.1, -0.05) is 6.92 Å². The fourth-order valence-corrected chi connectivity index (χ4v) is 4.10. The predicted octanol–water partition coefficient (Wildman–Crippen LogP) is 2.96. The van der Waals surface area contributed by atoms with Crippen molar-refractivity contribution in [1.82, 2.24) is 19.3 Å². The van der Waals surface area contributed by atoms with Gasteiger partial charge in [0.05, 0.1) is 9.89 Å². The van der Waals surface area contributed by atoms with Gasteiger partial charge in [-0.2, -0.15) is 0 Å². The summed E-state index contributed by atoms with van der Waals surface area (Å²) in [4.78, 5) is 12.1. The molecule has 0 bridgehead atoms. The maximum Gasteiger partial charge on any atom is 0.264 e. The van der Waals surface area contributed by atoms with Crippen LogP contribution in [0.15, 0.2) is 27.9 Å². The van der Waals surface area contributed by atoms with Crippen molar-refractivity contribution in [1.29, 1.82) is 0 Å². The Bertz CT molecular complexity index is 743. The van der Waals surface area contributed by atoms with Crippen molar-refractivity contribution >= 4 is 15.9 Å². The number of hydrogen-bond acceptors (Lipinski definition) is 3. The molecule has 1 aliphatic carbocycles. The van der Waals surface area contributed by atoms with Gasteiger partial charge in [-0.3, -0.25) is 4.79 Å². The molecule has 6 heteroatoms. The summed E-state index contributed by atoms with van der Waals surface area (Å²) in [7, 11) is 0. The van der Waals surface area contributed by atoms with Crippen molar-refractivity contribution in [2.45, 2.75) is 52.1 Å². The highest BCUT2D eigenvalue weighted by molar-refractivity contribution is 9.10. The molecule has 1 fully saturated rings. The lowest BCUT2D eigenvalue weighted by atomic mass is 9.59. The highest BCUT2D eigenvalue weighted by Crippen LogP contribution is 2.51. The third-order valence-corrected chi connectivity index (χ3v) is 5.28. The molecule has 0 aromatic carbocycles. The zero-order valence-electron chi connectivity index (χ0n) is 13.2. The van der Waals surface area contributed by atoms with E-state index in [4.69, 9.17) is 0 Å². The second kappa shape index (κ2) is 5.65. The van der Waals surface area contributed by atoms with Crippen molar-refractivity contribution in [3.8, 4) is 0 Å². The Balaban J connectivity index is 2.17. The Labute approximate surface area is 138 Å². The molecule has 0 aliphatic heterocycles. The predicted molar refractivity (Wildman–Crippen MR) is 89.0 cm³/mol. The summed E-state index contributed by atoms with van der Waals surface area (Å²) in [6.07, 6.45) is 5.87. The first-order valence-corrected chi connectivity index (χ1v) is 8.60. The quantitative estimate of drug-likeness (QED) is 0.837. The molecule has 1 aliphatic rings. The molecule has 2 aromatic rings. The monoisotopic (exact) mass is 364 g/mol. The van der Waals surface area contributed by atoms with Gasteiger partial charge in [-0.15, -0.1) is 10.2 Å². The minimum atomic E-state index is -0.126. The van der Waals surface area contributed by atoms with E-state index in [1.54, 1.807) is 10.9 Å². The minimum absolute atomic E-state index is 0.0192. The van der Waals surface area contributed by atoms with Crippen LogP contribution in [-0.4, -0.2) is 19.3 Å². The molecule has 2 aromatic heterocycles. The van der Waals surface area contributed by atoms with Crippen LogP contribution in [0.3, 0.4) is 0 Å². The Morgan fingerprint density at radius 3 is 2.59 bits per heavy atom. The van der Waals surface area contributed by atoms with Gasteiger partial charge >= 0.3 is 0 Å². The molecule has 0 amide bonds. The maximum atomic E-state index is 12.1. The van der Waals surface area contributed by atoms with Crippen LogP contribution >= 0.6 is 15.9 Å². The van der Waals surface area contributed by atoms with Crippen LogP contribution in [0.4, 0.5) is 0 Å². The van der Waals surface area contributed by atoms with Crippen molar-refractivity contribution in [2.24, 2.45) is 5.92 Å². The molecule has 1 saturated carbocycles. The minimum Gasteiger partial charge on any atom is -0.317 e. The summed E-state index contributed by atoms with van der Waals surface area (Å²) < 4.78 is 4.49. The molecule has 0 saturated heterocycles. The van der Waals surface area contributed by atoms with Gasteiger partial charge in [0.1, 0.15) is 12.2 Å². The van der Waals surface area contributed by atoms with Gasteiger partial charge in [-0.25, -0.2) is 0 Å². The molecular formula is C16H21BrN4O. The number of aryl methyl sites for hydroxylation is 2. The second-order valence-corrected chi connectivity index (χ2v) is 7.06. The third kappa shape index (κ3) is 2.24. The lowest BCUT2D eigenvalue weighted by Gasteiger charge is -2.46. The number of aromatic nitrogens is 4. The topological polar surface area (TPSA) is 52.7 Å². The zero-order valence-corrected chi connectivity index (χ0v) is 14.8. The van der Waals surface area contributed by atoms with Crippen molar-refractivity contribution < 1.29 is 0 Å². The Morgan fingerprint density at radius 2 is 2.00 bits per heavy atom. The van der Waals surface area contributed by atoms with Crippen molar-refractivity contribution in [2.75, 3.05) is 0 Å². The van der Waals surface area contributed by atoms with E-state index in [0.29, 0.717) is 16.9 Å². The van der Waals surface area contributed by atoms with E-state index in [-0.39, 0.29) is 11.0 Å². The first-order chi connectivity index (χ1) is 10.5. The molecule has 0 atom stereocenters. The molecule has 0 unspecified atom stereocenters. The van der Waals surface area contributed by atoms with Crippen LogP contribution in [0.2, 0.25) is 0 Å². The molecular weight excluding hydrogens is 344 g/mol. The van der Waals surface area contributed by atoms with E-state index < -0.39 is 0 Å². The first-order valence-electron chi connectivity index (χ1n) is 7.80. The van der Waals surface area contributed by atoms with E-state index in [1.165, 1.54) is 0 Å². The number of nitrogens with zero attached hydrogens (tertiary/aromatic N) is 4. The van der Waals surface area contributed by atoms with Crippen LogP contribution in [-0.2, 0) is 18.5 Å². The van der Waals surface area contributed by atoms with E-state index in [1.807, 2.05) is 19.2 Å². The number of hydrogen-bond donors (Lipinski definition) is 0. The first kappa shape index (κ1) is 15.5. The Morgan fingerprint density at radius 1 is 1.32 bits per heavy atom. The van der Waals surface area contributed by atoms with E-state index in [0.717, 1.165) is 30.8 Å². The molecule has 0 radical (unpaired) electrons. The van der Waals surface area contributed by atoms with E-state index in [9.17, 15) is 4.79 Å². The fourth-order valence-electron chi connectivity index (χ4n) is 3.63. The molecule has 22 heavy (non-hydrogen) atoms. The molecule has 118 valence electrons. The average molecular weight is 365 g/mol. The van der Waals surface area contributed by atoms with Gasteiger partial charge in [0.25, 0.3) is 5.56 Å². The molecule has 3 rings (SSSR count). The maximum absolute atomic E-state index is 12.1. The van der Waals surface area contributed by atoms with Gasteiger partial charge < -0.3 is 9.13 Å². The second-order valence-electron chi connectivity index (χ2n) is 6.20. The molecule has 0 N–H and O–H groups in total. The lowest BCUT2D eigenvalue weighted by molar-refractivity contribution is 0.183. The van der Waals surface area contributed by atoms with Gasteiger partial charge in [0.15, 0.2) is 0 Å². The number of halogens is 1. The van der Waals surface area contributed by atoms with Crippen molar-refractivity contribution in [3.05, 3.63) is 44.8 Å². The third-order valence-electron chi connectivity index (χ3n) is 4.71. The molecule has 0 spiro atoms. The summed E-state index contributed by atoms with van der Waals surface area (Å²) in [6.45, 7) is 7.87. The normalized spacial score (nSPS) is 24.3. The van der Waals surface area contributed by atoms with Crippen LogP contribution in [0.25, 0.3) is 0 Å². The number of pyridine rings is 1. The highest BCUT2D eigenvalue weighted by atomic mass is 79.9. The Kier molecular flexibility index (Phi) is 3.97. The van der Waals surface area contributed by atoms with E-state index in [2.05, 4.69) is 44.5 Å². The van der Waals surface area contributed by atoms with Gasteiger partial charge in [0.2, 0.25) is 0 Å². The van der Waals surface area contributed by atoms with E-state index >= 15 is 0 Å². The SMILES string of the molecule is CCn1cnnc1C1(c2cc(Br)c(=O)n(CC)c2)CC(C)C1. The summed E-state index contributed by atoms with van der Waals surface area (Å²) in [5.41, 5.74) is 1.05. The van der Waals surface area contributed by atoms with Crippen LogP contribution in [0.5, 0.6) is 0 Å². The van der Waals surface area contributed by atoms with Crippen molar-refractivity contribution in [3.63, 3.8) is 0 Å². The fraction of sp³-hybridized carbons (Fsp3) is 0.562. The average Bonchev–Trinajstić information content (AvgIpc) is 2.95. The van der Waals surface area contributed by atoms with Crippen LogP contribution < -0.4 is 5.56 Å². The largest absolute Gasteiger partial charge is 0.317 e. The van der Waals surface area contributed by atoms with Gasteiger partial charge in [0, 0.05) is 19.3 Å².